The highest BCUT2D eigenvalue weighted by molar-refractivity contribution is 5.95. The number of hydrogen-bond donors (Lipinski definition) is 0. The first-order valence-corrected chi connectivity index (χ1v) is 9.02. The van der Waals surface area contributed by atoms with Gasteiger partial charge in [-0.05, 0) is 43.5 Å². The third kappa shape index (κ3) is 6.26. The molecular formula is C20H28FN2O+. The lowest BCUT2D eigenvalue weighted by molar-refractivity contribution is -0.696. The molecule has 0 atom stereocenters. The molecule has 0 spiro atoms. The van der Waals surface area contributed by atoms with Gasteiger partial charge in [0.2, 0.25) is 6.33 Å². The van der Waals surface area contributed by atoms with Crippen molar-refractivity contribution in [3.63, 3.8) is 0 Å². The fourth-order valence-corrected chi connectivity index (χ4v) is 2.80. The van der Waals surface area contributed by atoms with Crippen LogP contribution in [0.15, 0.2) is 43.0 Å². The maximum Gasteiger partial charge on any atom is 0.243 e. The van der Waals surface area contributed by atoms with E-state index in [1.807, 2.05) is 0 Å². The lowest BCUT2D eigenvalue weighted by Crippen LogP contribution is -2.31. The lowest BCUT2D eigenvalue weighted by atomic mass is 10.1. The first-order valence-electron chi connectivity index (χ1n) is 9.02. The van der Waals surface area contributed by atoms with Gasteiger partial charge in [-0.25, -0.2) is 13.5 Å². The van der Waals surface area contributed by atoms with Gasteiger partial charge < -0.3 is 0 Å². The number of aryl methyl sites for hydroxylation is 2. The van der Waals surface area contributed by atoms with Gasteiger partial charge in [-0.15, -0.1) is 0 Å². The van der Waals surface area contributed by atoms with E-state index in [9.17, 15) is 9.18 Å². The molecular weight excluding hydrogens is 303 g/mol. The van der Waals surface area contributed by atoms with E-state index in [1.165, 1.54) is 44.2 Å². The van der Waals surface area contributed by atoms with Gasteiger partial charge in [0.25, 0.3) is 0 Å². The van der Waals surface area contributed by atoms with Crippen LogP contribution in [0.2, 0.25) is 0 Å². The van der Waals surface area contributed by atoms with Crippen LogP contribution in [0.1, 0.15) is 62.2 Å². The van der Waals surface area contributed by atoms with E-state index in [4.69, 9.17) is 0 Å². The summed E-state index contributed by atoms with van der Waals surface area (Å²) in [6.07, 6.45) is 14.0. The summed E-state index contributed by atoms with van der Waals surface area (Å²) in [7, 11) is 0. The summed E-state index contributed by atoms with van der Waals surface area (Å²) in [6.45, 7) is 4.12. The Balaban J connectivity index is 1.67. The van der Waals surface area contributed by atoms with E-state index in [1.54, 1.807) is 12.1 Å². The Kier molecular flexibility index (Phi) is 7.66. The summed E-state index contributed by atoms with van der Waals surface area (Å²) in [5, 5.41) is 0. The van der Waals surface area contributed by atoms with Gasteiger partial charge >= 0.3 is 0 Å². The maximum atomic E-state index is 12.9. The molecule has 1 aromatic heterocycles. The van der Waals surface area contributed by atoms with Crippen LogP contribution < -0.4 is 4.57 Å². The molecule has 4 heteroatoms. The minimum Gasteiger partial charge on any atom is -0.294 e. The van der Waals surface area contributed by atoms with Crippen LogP contribution in [-0.2, 0) is 13.1 Å². The molecule has 1 aromatic carbocycles. The number of nitrogens with zero attached hydrogens (tertiary/aromatic N) is 2. The number of unbranched alkanes of at least 4 members (excludes halogenated alkanes) is 4. The number of carbonyl (C=O) groups is 1. The first kappa shape index (κ1) is 18.4. The molecule has 0 bridgehead atoms. The summed E-state index contributed by atoms with van der Waals surface area (Å²) in [4.78, 5) is 12.0. The largest absolute Gasteiger partial charge is 0.294 e. The topological polar surface area (TPSA) is 25.9 Å². The smallest absolute Gasteiger partial charge is 0.243 e. The molecule has 0 fully saturated rings. The van der Waals surface area contributed by atoms with Crippen LogP contribution in [0.25, 0.3) is 0 Å². The van der Waals surface area contributed by atoms with Crippen molar-refractivity contribution < 1.29 is 13.8 Å². The molecule has 130 valence electrons. The highest BCUT2D eigenvalue weighted by Crippen LogP contribution is 2.07. The van der Waals surface area contributed by atoms with Crippen molar-refractivity contribution in [2.24, 2.45) is 0 Å². The number of aromatic nitrogens is 2. The Labute approximate surface area is 144 Å². The number of ketones is 1. The Morgan fingerprint density at radius 2 is 1.83 bits per heavy atom. The number of benzene rings is 1. The Morgan fingerprint density at radius 3 is 2.58 bits per heavy atom. The molecule has 0 unspecified atom stereocenters. The molecule has 0 aliphatic carbocycles. The van der Waals surface area contributed by atoms with Crippen molar-refractivity contribution in [3.05, 3.63) is 54.4 Å². The van der Waals surface area contributed by atoms with Crippen LogP contribution >= 0.6 is 0 Å². The third-order valence-corrected chi connectivity index (χ3v) is 4.25. The number of rotatable bonds is 11. The van der Waals surface area contributed by atoms with E-state index >= 15 is 0 Å². The van der Waals surface area contributed by atoms with Crippen LogP contribution in [0, 0.1) is 5.82 Å². The molecule has 24 heavy (non-hydrogen) atoms. The third-order valence-electron chi connectivity index (χ3n) is 4.25. The van der Waals surface area contributed by atoms with E-state index in [0.717, 1.165) is 19.5 Å². The molecule has 3 nitrogen and oxygen atoms in total. The van der Waals surface area contributed by atoms with Crippen LogP contribution in [0.4, 0.5) is 4.39 Å². The molecule has 0 saturated heterocycles. The average molecular weight is 331 g/mol. The second-order valence-corrected chi connectivity index (χ2v) is 6.34. The van der Waals surface area contributed by atoms with Crippen molar-refractivity contribution >= 4 is 5.78 Å². The fraction of sp³-hybridized carbons (Fsp3) is 0.500. The number of imidazole rings is 1. The maximum absolute atomic E-state index is 12.9. The van der Waals surface area contributed by atoms with E-state index in [2.05, 4.69) is 34.8 Å². The average Bonchev–Trinajstić information content (AvgIpc) is 3.03. The number of Topliss-reactive ketones (excluding diaryl/α,β-unsaturated/α-hetero) is 1. The van der Waals surface area contributed by atoms with Crippen LogP contribution in [0.3, 0.4) is 0 Å². The highest BCUT2D eigenvalue weighted by atomic mass is 19.1. The zero-order valence-corrected chi connectivity index (χ0v) is 14.6. The molecule has 0 saturated carbocycles. The van der Waals surface area contributed by atoms with Gasteiger partial charge in [0.1, 0.15) is 18.2 Å². The van der Waals surface area contributed by atoms with Crippen molar-refractivity contribution in [3.8, 4) is 0 Å². The van der Waals surface area contributed by atoms with Crippen molar-refractivity contribution in [1.82, 2.24) is 4.57 Å². The zero-order chi connectivity index (χ0) is 17.2. The highest BCUT2D eigenvalue weighted by Gasteiger charge is 2.08. The predicted molar refractivity (Wildman–Crippen MR) is 93.4 cm³/mol. The van der Waals surface area contributed by atoms with E-state index in [-0.39, 0.29) is 11.6 Å². The first-order chi connectivity index (χ1) is 11.7. The summed E-state index contributed by atoms with van der Waals surface area (Å²) in [5.74, 6) is -0.232. The van der Waals surface area contributed by atoms with E-state index in [0.29, 0.717) is 12.0 Å². The lowest BCUT2D eigenvalue weighted by Gasteiger charge is -2.00. The fourth-order valence-electron chi connectivity index (χ4n) is 2.80. The summed E-state index contributed by atoms with van der Waals surface area (Å²) < 4.78 is 17.2. The van der Waals surface area contributed by atoms with Gasteiger partial charge in [-0.3, -0.25) is 4.79 Å². The summed E-state index contributed by atoms with van der Waals surface area (Å²) in [5.41, 5.74) is 0.589. The minimum absolute atomic E-state index is 0.0750. The standard InChI is InChI=1S/C20H28FN2O/c1-2-3-4-5-6-13-22-15-16-23(17-22)14-7-8-20(24)18-9-11-19(21)12-10-18/h9-12,15-17H,2-8,13-14H2,1H3/q+1. The van der Waals surface area contributed by atoms with Gasteiger partial charge in [0, 0.05) is 12.0 Å². The van der Waals surface area contributed by atoms with Crippen LogP contribution in [0.5, 0.6) is 0 Å². The summed E-state index contributed by atoms with van der Waals surface area (Å²) in [6, 6.07) is 5.78. The molecule has 2 aromatic rings. The second kappa shape index (κ2) is 10.0. The van der Waals surface area contributed by atoms with E-state index < -0.39 is 0 Å². The normalized spacial score (nSPS) is 10.9. The second-order valence-electron chi connectivity index (χ2n) is 6.34. The Morgan fingerprint density at radius 1 is 1.08 bits per heavy atom. The number of halogens is 1. The van der Waals surface area contributed by atoms with Gasteiger partial charge in [0.15, 0.2) is 5.78 Å². The SMILES string of the molecule is CCCCCCCn1cc[n+](CCCC(=O)c2ccc(F)cc2)c1. The minimum atomic E-state index is -0.307. The molecule has 1 heterocycles. The summed E-state index contributed by atoms with van der Waals surface area (Å²) >= 11 is 0. The predicted octanol–water partition coefficient (Wildman–Crippen LogP) is 4.55. The van der Waals surface area contributed by atoms with Crippen molar-refractivity contribution in [1.29, 1.82) is 0 Å². The van der Waals surface area contributed by atoms with Crippen molar-refractivity contribution in [2.45, 2.75) is 65.0 Å². The molecule has 0 aliphatic rings. The van der Waals surface area contributed by atoms with Gasteiger partial charge in [0.05, 0.1) is 13.1 Å². The monoisotopic (exact) mass is 331 g/mol. The number of hydrogen-bond acceptors (Lipinski definition) is 1. The van der Waals surface area contributed by atoms with Crippen LogP contribution in [-0.4, -0.2) is 10.4 Å². The van der Waals surface area contributed by atoms with Crippen molar-refractivity contribution in [2.75, 3.05) is 0 Å². The quantitative estimate of drug-likeness (QED) is 0.337. The Bertz CT molecular complexity index is 619. The molecule has 0 aliphatic heterocycles. The molecule has 2 rings (SSSR count). The van der Waals surface area contributed by atoms with Gasteiger partial charge in [-0.2, -0.15) is 0 Å². The van der Waals surface area contributed by atoms with Gasteiger partial charge in [-0.1, -0.05) is 26.2 Å². The zero-order valence-electron chi connectivity index (χ0n) is 14.6. The molecule has 0 amide bonds. The number of carbonyl (C=O) groups excluding carboxylic acids is 1. The molecule has 0 radical (unpaired) electrons. The Hall–Kier alpha value is -1.97. The molecule has 0 N–H and O–H groups in total.